The average Bonchev–Trinajstić information content (AvgIpc) is 2.58. The van der Waals surface area contributed by atoms with Crippen LogP contribution in [0, 0.1) is 0 Å². The third kappa shape index (κ3) is 1.51. The zero-order valence-electron chi connectivity index (χ0n) is 7.58. The van der Waals surface area contributed by atoms with Crippen LogP contribution in [-0.4, -0.2) is 10.2 Å². The number of nitrogens with zero attached hydrogens (tertiary/aromatic N) is 1. The van der Waals surface area contributed by atoms with Crippen LogP contribution in [0.4, 0.5) is 0 Å². The van der Waals surface area contributed by atoms with Crippen molar-refractivity contribution < 1.29 is 9.21 Å². The maximum absolute atomic E-state index is 10.9. The van der Waals surface area contributed by atoms with E-state index in [9.17, 15) is 4.79 Å². The van der Waals surface area contributed by atoms with Gasteiger partial charge in [0.05, 0.1) is 0 Å². The van der Waals surface area contributed by atoms with E-state index in [2.05, 4.69) is 4.98 Å². The molecule has 0 N–H and O–H groups in total. The second-order valence-electron chi connectivity index (χ2n) is 2.92. The Morgan fingerprint density at radius 3 is 3.00 bits per heavy atom. The Morgan fingerprint density at radius 2 is 2.36 bits per heavy atom. The molecule has 0 bridgehead atoms. The second kappa shape index (κ2) is 3.42. The number of carbonyl (C=O) groups excluding carboxylic acids is 1. The zero-order valence-corrected chi connectivity index (χ0v) is 8.34. The van der Waals surface area contributed by atoms with E-state index in [-0.39, 0.29) is 0 Å². The van der Waals surface area contributed by atoms with Crippen molar-refractivity contribution in [2.24, 2.45) is 0 Å². The highest BCUT2D eigenvalue weighted by molar-refractivity contribution is 6.67. The van der Waals surface area contributed by atoms with Crippen LogP contribution in [0.1, 0.15) is 23.2 Å². The van der Waals surface area contributed by atoms with Crippen LogP contribution in [0.2, 0.25) is 0 Å². The SMILES string of the molecule is CCc1nc2ccc(C(=O)Cl)cc2o1. The number of hydrogen-bond acceptors (Lipinski definition) is 3. The number of oxazole rings is 1. The molecule has 2 rings (SSSR count). The number of fused-ring (bicyclic) bond motifs is 1. The first-order valence-electron chi connectivity index (χ1n) is 4.30. The second-order valence-corrected chi connectivity index (χ2v) is 3.26. The lowest BCUT2D eigenvalue weighted by Gasteiger charge is -1.90. The number of aromatic nitrogens is 1. The van der Waals surface area contributed by atoms with E-state index in [1.165, 1.54) is 0 Å². The summed E-state index contributed by atoms with van der Waals surface area (Å²) in [4.78, 5) is 15.1. The standard InChI is InChI=1S/C10H8ClNO2/c1-2-9-12-7-4-3-6(10(11)13)5-8(7)14-9/h3-5H,2H2,1H3. The van der Waals surface area contributed by atoms with E-state index in [0.717, 1.165) is 11.9 Å². The van der Waals surface area contributed by atoms with Crippen LogP contribution < -0.4 is 0 Å². The van der Waals surface area contributed by atoms with Crippen LogP contribution >= 0.6 is 11.6 Å². The molecule has 0 unspecified atom stereocenters. The number of aryl methyl sites for hydroxylation is 1. The monoisotopic (exact) mass is 209 g/mol. The Labute approximate surface area is 85.7 Å². The molecule has 0 aliphatic carbocycles. The van der Waals surface area contributed by atoms with E-state index >= 15 is 0 Å². The minimum atomic E-state index is -0.485. The van der Waals surface area contributed by atoms with Gasteiger partial charge in [-0.2, -0.15) is 0 Å². The minimum Gasteiger partial charge on any atom is -0.441 e. The summed E-state index contributed by atoms with van der Waals surface area (Å²) in [6, 6.07) is 4.98. The molecule has 0 atom stereocenters. The van der Waals surface area contributed by atoms with Crippen LogP contribution in [-0.2, 0) is 6.42 Å². The van der Waals surface area contributed by atoms with Gasteiger partial charge in [-0.1, -0.05) is 6.92 Å². The molecule has 0 aliphatic heterocycles. The maximum atomic E-state index is 10.9. The van der Waals surface area contributed by atoms with Crippen molar-refractivity contribution in [1.82, 2.24) is 4.98 Å². The Bertz CT molecular complexity index is 490. The highest BCUT2D eigenvalue weighted by Crippen LogP contribution is 2.18. The van der Waals surface area contributed by atoms with Gasteiger partial charge in [-0.25, -0.2) is 4.98 Å². The fourth-order valence-electron chi connectivity index (χ4n) is 1.25. The lowest BCUT2D eigenvalue weighted by atomic mass is 10.2. The van der Waals surface area contributed by atoms with Crippen LogP contribution in [0.5, 0.6) is 0 Å². The number of halogens is 1. The van der Waals surface area contributed by atoms with E-state index in [1.807, 2.05) is 6.92 Å². The number of rotatable bonds is 2. The largest absolute Gasteiger partial charge is 0.441 e. The summed E-state index contributed by atoms with van der Waals surface area (Å²) in [5, 5.41) is -0.485. The molecule has 0 radical (unpaired) electrons. The molecule has 2 aromatic rings. The van der Waals surface area contributed by atoms with Gasteiger partial charge in [0, 0.05) is 12.0 Å². The van der Waals surface area contributed by atoms with Crippen molar-refractivity contribution in [2.75, 3.05) is 0 Å². The van der Waals surface area contributed by atoms with Gasteiger partial charge in [-0.15, -0.1) is 0 Å². The Morgan fingerprint density at radius 1 is 1.57 bits per heavy atom. The van der Waals surface area contributed by atoms with Gasteiger partial charge in [-0.05, 0) is 29.8 Å². The van der Waals surface area contributed by atoms with Crippen molar-refractivity contribution in [1.29, 1.82) is 0 Å². The molecular formula is C10H8ClNO2. The molecule has 3 nitrogen and oxygen atoms in total. The topological polar surface area (TPSA) is 43.1 Å². The maximum Gasteiger partial charge on any atom is 0.252 e. The fraction of sp³-hybridized carbons (Fsp3) is 0.200. The molecule has 72 valence electrons. The predicted molar refractivity (Wildman–Crippen MR) is 53.6 cm³/mol. The molecule has 0 amide bonds. The van der Waals surface area contributed by atoms with Gasteiger partial charge in [0.2, 0.25) is 0 Å². The van der Waals surface area contributed by atoms with Crippen molar-refractivity contribution >= 4 is 27.9 Å². The van der Waals surface area contributed by atoms with Crippen molar-refractivity contribution in [3.8, 4) is 0 Å². The number of benzene rings is 1. The molecule has 0 spiro atoms. The summed E-state index contributed by atoms with van der Waals surface area (Å²) in [7, 11) is 0. The van der Waals surface area contributed by atoms with Gasteiger partial charge < -0.3 is 4.42 Å². The highest BCUT2D eigenvalue weighted by atomic mass is 35.5. The summed E-state index contributed by atoms with van der Waals surface area (Å²) in [6.07, 6.45) is 0.735. The van der Waals surface area contributed by atoms with Gasteiger partial charge in [0.25, 0.3) is 5.24 Å². The first kappa shape index (κ1) is 9.21. The molecule has 1 heterocycles. The molecular weight excluding hydrogens is 202 g/mol. The summed E-state index contributed by atoms with van der Waals surface area (Å²) in [5.74, 6) is 0.666. The summed E-state index contributed by atoms with van der Waals surface area (Å²) < 4.78 is 5.39. The Hall–Kier alpha value is -1.35. The van der Waals surface area contributed by atoms with Crippen molar-refractivity contribution in [3.05, 3.63) is 29.7 Å². The van der Waals surface area contributed by atoms with Crippen LogP contribution in [0.3, 0.4) is 0 Å². The summed E-state index contributed by atoms with van der Waals surface area (Å²) >= 11 is 5.34. The molecule has 0 saturated carbocycles. The van der Waals surface area contributed by atoms with E-state index in [0.29, 0.717) is 17.0 Å². The first-order valence-corrected chi connectivity index (χ1v) is 4.68. The van der Waals surface area contributed by atoms with Crippen molar-refractivity contribution in [3.63, 3.8) is 0 Å². The van der Waals surface area contributed by atoms with E-state index in [1.54, 1.807) is 18.2 Å². The summed E-state index contributed by atoms with van der Waals surface area (Å²) in [5.41, 5.74) is 1.79. The third-order valence-electron chi connectivity index (χ3n) is 1.96. The van der Waals surface area contributed by atoms with Gasteiger partial charge in [-0.3, -0.25) is 4.79 Å². The lowest BCUT2D eigenvalue weighted by Crippen LogP contribution is -1.86. The molecule has 1 aromatic heterocycles. The van der Waals surface area contributed by atoms with Gasteiger partial charge >= 0.3 is 0 Å². The molecule has 0 aliphatic rings. The smallest absolute Gasteiger partial charge is 0.252 e. The zero-order chi connectivity index (χ0) is 10.1. The molecule has 0 saturated heterocycles. The fourth-order valence-corrected chi connectivity index (χ4v) is 1.36. The summed E-state index contributed by atoms with van der Waals surface area (Å²) in [6.45, 7) is 1.96. The quantitative estimate of drug-likeness (QED) is 0.715. The van der Waals surface area contributed by atoms with E-state index < -0.39 is 5.24 Å². The molecule has 0 fully saturated rings. The van der Waals surface area contributed by atoms with Crippen LogP contribution in [0.15, 0.2) is 22.6 Å². The Balaban J connectivity index is 2.59. The predicted octanol–water partition coefficient (Wildman–Crippen LogP) is 2.77. The minimum absolute atomic E-state index is 0.429. The molecule has 4 heteroatoms. The average molecular weight is 210 g/mol. The molecule has 1 aromatic carbocycles. The first-order chi connectivity index (χ1) is 6.70. The lowest BCUT2D eigenvalue weighted by molar-refractivity contribution is 0.108. The van der Waals surface area contributed by atoms with E-state index in [4.69, 9.17) is 16.0 Å². The highest BCUT2D eigenvalue weighted by Gasteiger charge is 2.07. The third-order valence-corrected chi connectivity index (χ3v) is 2.18. The molecule has 14 heavy (non-hydrogen) atoms. The Kier molecular flexibility index (Phi) is 2.25. The van der Waals surface area contributed by atoms with Crippen LogP contribution in [0.25, 0.3) is 11.1 Å². The normalized spacial score (nSPS) is 10.7. The number of carbonyl (C=O) groups is 1. The number of hydrogen-bond donors (Lipinski definition) is 0. The van der Waals surface area contributed by atoms with Gasteiger partial charge in [0.15, 0.2) is 11.5 Å². The van der Waals surface area contributed by atoms with Crippen molar-refractivity contribution in [2.45, 2.75) is 13.3 Å². The van der Waals surface area contributed by atoms with Gasteiger partial charge in [0.1, 0.15) is 5.52 Å².